The number of rotatable bonds is 5. The molecule has 2 fully saturated rings. The van der Waals surface area contributed by atoms with Gasteiger partial charge in [0.05, 0.1) is 18.8 Å². The van der Waals surface area contributed by atoms with Gasteiger partial charge in [-0.3, -0.25) is 4.79 Å². The molecule has 2 aromatic rings. The number of amides is 2. The van der Waals surface area contributed by atoms with Crippen LogP contribution < -0.4 is 4.74 Å². The van der Waals surface area contributed by atoms with Gasteiger partial charge < -0.3 is 24.0 Å². The van der Waals surface area contributed by atoms with Gasteiger partial charge in [0.15, 0.2) is 0 Å². The third-order valence-corrected chi connectivity index (χ3v) is 7.29. The summed E-state index contributed by atoms with van der Waals surface area (Å²) in [6.07, 6.45) is 1.63. The average molecular weight is 549 g/mol. The minimum Gasteiger partial charge on any atom is -0.493 e. The third-order valence-electron chi connectivity index (χ3n) is 6.70. The van der Waals surface area contributed by atoms with Crippen LogP contribution >= 0.6 is 23.2 Å². The molecule has 2 aliphatic rings. The van der Waals surface area contributed by atoms with E-state index in [1.807, 2.05) is 45.9 Å². The normalized spacial score (nSPS) is 17.2. The molecule has 4 rings (SSSR count). The van der Waals surface area contributed by atoms with E-state index in [-0.39, 0.29) is 18.7 Å². The van der Waals surface area contributed by atoms with Crippen LogP contribution in [0.25, 0.3) is 0 Å². The monoisotopic (exact) mass is 548 g/mol. The number of piperidine rings is 1. The molecule has 1 spiro atoms. The van der Waals surface area contributed by atoms with E-state index in [0.717, 1.165) is 11.1 Å². The standard InChI is InChI=1S/C28H34Cl2N2O5/c1-19-5-6-21(15-24(19)35-14-9-20-7-8-22(29)16-23(20)30)25(33)32-17-28(36-18-32)10-12-31(13-11-28)26(34)37-27(2,3)4/h5-8,15-16H,9-14,17-18H2,1-4H3. The fourth-order valence-corrected chi connectivity index (χ4v) is 5.08. The van der Waals surface area contributed by atoms with Crippen LogP contribution in [0.4, 0.5) is 4.79 Å². The largest absolute Gasteiger partial charge is 0.493 e. The molecular weight excluding hydrogens is 515 g/mol. The zero-order chi connectivity index (χ0) is 26.8. The lowest BCUT2D eigenvalue weighted by Gasteiger charge is -2.38. The second-order valence-corrected chi connectivity index (χ2v) is 11.6. The van der Waals surface area contributed by atoms with Gasteiger partial charge in [0.2, 0.25) is 0 Å². The van der Waals surface area contributed by atoms with Gasteiger partial charge in [0.1, 0.15) is 18.1 Å². The molecule has 2 saturated heterocycles. The Labute approximate surface area is 228 Å². The van der Waals surface area contributed by atoms with Gasteiger partial charge in [-0.25, -0.2) is 4.79 Å². The van der Waals surface area contributed by atoms with Gasteiger partial charge in [-0.2, -0.15) is 0 Å². The van der Waals surface area contributed by atoms with Crippen molar-refractivity contribution in [1.82, 2.24) is 9.80 Å². The summed E-state index contributed by atoms with van der Waals surface area (Å²) in [7, 11) is 0. The topological polar surface area (TPSA) is 68.3 Å². The number of hydrogen-bond acceptors (Lipinski definition) is 5. The number of likely N-dealkylation sites (tertiary alicyclic amines) is 1. The molecule has 2 aliphatic heterocycles. The minimum absolute atomic E-state index is 0.1000. The Bertz CT molecular complexity index is 1160. The number of aryl methyl sites for hydroxylation is 1. The molecule has 2 heterocycles. The number of carbonyl (C=O) groups is 2. The Balaban J connectivity index is 1.33. The highest BCUT2D eigenvalue weighted by Gasteiger charge is 2.44. The molecule has 0 radical (unpaired) electrons. The fourth-order valence-electron chi connectivity index (χ4n) is 4.58. The highest BCUT2D eigenvalue weighted by molar-refractivity contribution is 6.35. The van der Waals surface area contributed by atoms with Gasteiger partial charge in [-0.05, 0) is 75.9 Å². The Morgan fingerprint density at radius 3 is 2.46 bits per heavy atom. The van der Waals surface area contributed by atoms with Crippen molar-refractivity contribution in [3.8, 4) is 5.75 Å². The van der Waals surface area contributed by atoms with Crippen molar-refractivity contribution in [2.75, 3.05) is 33.0 Å². The molecule has 0 aliphatic carbocycles. The second-order valence-electron chi connectivity index (χ2n) is 10.7. The van der Waals surface area contributed by atoms with E-state index < -0.39 is 11.2 Å². The molecule has 0 N–H and O–H groups in total. The predicted molar refractivity (Wildman–Crippen MR) is 144 cm³/mol. The van der Waals surface area contributed by atoms with Crippen LogP contribution in [0.2, 0.25) is 10.0 Å². The first-order valence-corrected chi connectivity index (χ1v) is 13.3. The van der Waals surface area contributed by atoms with E-state index in [1.165, 1.54) is 0 Å². The number of halogens is 2. The molecule has 0 bridgehead atoms. The lowest BCUT2D eigenvalue weighted by molar-refractivity contribution is -0.0443. The number of ether oxygens (including phenoxy) is 3. The molecule has 0 atom stereocenters. The Kier molecular flexibility index (Phi) is 8.26. The van der Waals surface area contributed by atoms with E-state index >= 15 is 0 Å². The van der Waals surface area contributed by atoms with E-state index in [4.69, 9.17) is 37.4 Å². The van der Waals surface area contributed by atoms with Crippen molar-refractivity contribution in [1.29, 1.82) is 0 Å². The first kappa shape index (κ1) is 27.6. The van der Waals surface area contributed by atoms with Crippen molar-refractivity contribution in [3.05, 3.63) is 63.1 Å². The van der Waals surface area contributed by atoms with E-state index in [2.05, 4.69) is 0 Å². The highest BCUT2D eigenvalue weighted by atomic mass is 35.5. The number of carbonyl (C=O) groups excluding carboxylic acids is 2. The summed E-state index contributed by atoms with van der Waals surface area (Å²) in [5, 5.41) is 1.20. The molecule has 0 unspecified atom stereocenters. The second kappa shape index (κ2) is 11.1. The molecule has 9 heteroatoms. The fraction of sp³-hybridized carbons (Fsp3) is 0.500. The van der Waals surface area contributed by atoms with Gasteiger partial charge in [0.25, 0.3) is 5.91 Å². The van der Waals surface area contributed by atoms with Crippen LogP contribution in [0, 0.1) is 6.92 Å². The van der Waals surface area contributed by atoms with E-state index in [9.17, 15) is 9.59 Å². The van der Waals surface area contributed by atoms with Crippen molar-refractivity contribution >= 4 is 35.2 Å². The smallest absolute Gasteiger partial charge is 0.410 e. The summed E-state index contributed by atoms with van der Waals surface area (Å²) in [6.45, 7) is 9.74. The SMILES string of the molecule is Cc1ccc(C(=O)N2COC3(CCN(C(=O)OC(C)(C)C)CC3)C2)cc1OCCc1ccc(Cl)cc1Cl. The summed E-state index contributed by atoms with van der Waals surface area (Å²) >= 11 is 12.2. The number of nitrogens with zero attached hydrogens (tertiary/aromatic N) is 2. The summed E-state index contributed by atoms with van der Waals surface area (Å²) in [6, 6.07) is 10.9. The molecule has 2 aromatic carbocycles. The zero-order valence-electron chi connectivity index (χ0n) is 21.8. The maximum Gasteiger partial charge on any atom is 0.410 e. The average Bonchev–Trinajstić information content (AvgIpc) is 3.24. The third kappa shape index (κ3) is 6.89. The van der Waals surface area contributed by atoms with Crippen molar-refractivity contribution < 1.29 is 23.8 Å². The predicted octanol–water partition coefficient (Wildman–Crippen LogP) is 6.12. The van der Waals surface area contributed by atoms with Crippen molar-refractivity contribution in [3.63, 3.8) is 0 Å². The molecule has 0 aromatic heterocycles. The summed E-state index contributed by atoms with van der Waals surface area (Å²) < 4.78 is 17.6. The van der Waals surface area contributed by atoms with Crippen LogP contribution in [0.1, 0.15) is 55.1 Å². The summed E-state index contributed by atoms with van der Waals surface area (Å²) in [5.74, 6) is 0.563. The van der Waals surface area contributed by atoms with Gasteiger partial charge >= 0.3 is 6.09 Å². The summed E-state index contributed by atoms with van der Waals surface area (Å²) in [4.78, 5) is 29.1. The van der Waals surface area contributed by atoms with Gasteiger partial charge in [-0.15, -0.1) is 0 Å². The van der Waals surface area contributed by atoms with Crippen LogP contribution in [0.15, 0.2) is 36.4 Å². The number of benzene rings is 2. The molecule has 7 nitrogen and oxygen atoms in total. The molecule has 2 amide bonds. The minimum atomic E-state index is -0.529. The Morgan fingerprint density at radius 2 is 1.78 bits per heavy atom. The quantitative estimate of drug-likeness (QED) is 0.450. The number of hydrogen-bond donors (Lipinski definition) is 0. The van der Waals surface area contributed by atoms with Gasteiger partial charge in [0, 0.05) is 35.1 Å². The van der Waals surface area contributed by atoms with Crippen LogP contribution in [-0.2, 0) is 15.9 Å². The van der Waals surface area contributed by atoms with Crippen molar-refractivity contribution in [2.24, 2.45) is 0 Å². The molecule has 200 valence electrons. The van der Waals surface area contributed by atoms with E-state index in [0.29, 0.717) is 66.9 Å². The molecule has 0 saturated carbocycles. The first-order valence-electron chi connectivity index (χ1n) is 12.5. The maximum absolute atomic E-state index is 13.3. The van der Waals surface area contributed by atoms with Crippen LogP contribution in [0.3, 0.4) is 0 Å². The van der Waals surface area contributed by atoms with Crippen LogP contribution in [-0.4, -0.2) is 66.0 Å². The Morgan fingerprint density at radius 1 is 1.05 bits per heavy atom. The maximum atomic E-state index is 13.3. The lowest BCUT2D eigenvalue weighted by atomic mass is 9.91. The van der Waals surface area contributed by atoms with Crippen molar-refractivity contribution in [2.45, 2.75) is 58.2 Å². The lowest BCUT2D eigenvalue weighted by Crippen LogP contribution is -2.50. The first-order chi connectivity index (χ1) is 17.4. The van der Waals surface area contributed by atoms with Crippen LogP contribution in [0.5, 0.6) is 5.75 Å². The highest BCUT2D eigenvalue weighted by Crippen LogP contribution is 2.34. The Hall–Kier alpha value is -2.48. The summed E-state index contributed by atoms with van der Waals surface area (Å²) in [5.41, 5.74) is 1.49. The zero-order valence-corrected chi connectivity index (χ0v) is 23.3. The van der Waals surface area contributed by atoms with Gasteiger partial charge in [-0.1, -0.05) is 35.3 Å². The van der Waals surface area contributed by atoms with E-state index in [1.54, 1.807) is 28.0 Å². The molecular formula is C28H34Cl2N2O5. The molecule has 37 heavy (non-hydrogen) atoms.